The molecule has 0 aliphatic carbocycles. The number of nitrogen functional groups attached to an aromatic ring is 1. The van der Waals surface area contributed by atoms with Crippen LogP contribution < -0.4 is 20.6 Å². The second-order valence-electron chi connectivity index (χ2n) is 6.73. The zero-order valence-electron chi connectivity index (χ0n) is 17.7. The van der Waals surface area contributed by atoms with Crippen LogP contribution in [-0.4, -0.2) is 24.2 Å². The summed E-state index contributed by atoms with van der Waals surface area (Å²) in [6.07, 6.45) is 1.44. The Hall–Kier alpha value is -4.43. The van der Waals surface area contributed by atoms with Gasteiger partial charge in [-0.3, -0.25) is 14.9 Å². The molecule has 168 valence electrons. The second-order valence-corrected chi connectivity index (χ2v) is 7.78. The summed E-state index contributed by atoms with van der Waals surface area (Å²) >= 11 is 1.03. The minimum absolute atomic E-state index is 0.00951. The number of thiophene rings is 1. The Morgan fingerprint density at radius 2 is 2.03 bits per heavy atom. The number of nitrogens with two attached hydrogens (primary N) is 1. The molecule has 0 aliphatic rings. The van der Waals surface area contributed by atoms with E-state index in [1.165, 1.54) is 25.5 Å². The zero-order chi connectivity index (χ0) is 24.0. The number of hydrazone groups is 1. The first-order valence-electron chi connectivity index (χ1n) is 9.50. The fourth-order valence-electron chi connectivity index (χ4n) is 2.87. The van der Waals surface area contributed by atoms with Gasteiger partial charge in [0.25, 0.3) is 11.6 Å². The maximum absolute atomic E-state index is 12.3. The molecule has 0 saturated heterocycles. The van der Waals surface area contributed by atoms with E-state index in [4.69, 9.17) is 20.5 Å². The van der Waals surface area contributed by atoms with Crippen LogP contribution in [0.2, 0.25) is 0 Å². The lowest BCUT2D eigenvalue weighted by Crippen LogP contribution is -2.17. The molecule has 0 saturated carbocycles. The van der Waals surface area contributed by atoms with Crippen LogP contribution >= 0.6 is 11.3 Å². The van der Waals surface area contributed by atoms with Crippen molar-refractivity contribution in [2.45, 2.75) is 13.5 Å². The molecule has 3 rings (SSSR count). The van der Waals surface area contributed by atoms with Gasteiger partial charge in [0.1, 0.15) is 22.6 Å². The molecule has 0 aliphatic heterocycles. The first-order valence-corrected chi connectivity index (χ1v) is 10.3. The van der Waals surface area contributed by atoms with Crippen molar-refractivity contribution < 1.29 is 19.2 Å². The van der Waals surface area contributed by atoms with Gasteiger partial charge in [-0.25, -0.2) is 5.43 Å². The van der Waals surface area contributed by atoms with Crippen molar-refractivity contribution in [3.63, 3.8) is 0 Å². The predicted octanol–water partition coefficient (Wildman–Crippen LogP) is 3.77. The number of hydrogen-bond donors (Lipinski definition) is 2. The maximum Gasteiger partial charge on any atom is 0.281 e. The summed E-state index contributed by atoms with van der Waals surface area (Å²) < 4.78 is 11.1. The Bertz CT molecular complexity index is 1260. The number of hydrogen-bond acceptors (Lipinski definition) is 9. The topological polar surface area (TPSA) is 153 Å². The summed E-state index contributed by atoms with van der Waals surface area (Å²) in [6.45, 7) is 1.86. The molecule has 0 radical (unpaired) electrons. The fourth-order valence-corrected chi connectivity index (χ4v) is 3.78. The van der Waals surface area contributed by atoms with Crippen molar-refractivity contribution in [1.29, 1.82) is 5.26 Å². The highest BCUT2D eigenvalue weighted by Gasteiger charge is 2.18. The van der Waals surface area contributed by atoms with E-state index in [0.29, 0.717) is 33.1 Å². The first kappa shape index (κ1) is 23.2. The molecule has 0 unspecified atom stereocenters. The van der Waals surface area contributed by atoms with E-state index in [9.17, 15) is 14.9 Å². The van der Waals surface area contributed by atoms with Gasteiger partial charge in [0, 0.05) is 12.1 Å². The first-order chi connectivity index (χ1) is 15.8. The number of ether oxygens (including phenoxy) is 2. The van der Waals surface area contributed by atoms with Crippen molar-refractivity contribution >= 4 is 34.1 Å². The van der Waals surface area contributed by atoms with Crippen LogP contribution in [-0.2, 0) is 6.61 Å². The van der Waals surface area contributed by atoms with E-state index < -0.39 is 10.8 Å². The van der Waals surface area contributed by atoms with E-state index in [-0.39, 0.29) is 17.3 Å². The van der Waals surface area contributed by atoms with Crippen molar-refractivity contribution in [2.75, 3.05) is 12.8 Å². The minimum atomic E-state index is -0.461. The normalized spacial score (nSPS) is 10.6. The summed E-state index contributed by atoms with van der Waals surface area (Å²) in [5.41, 5.74) is 10.4. The standard InChI is InChI=1S/C22H19N5O5S/c1-13-17(10-23)21(24)33-20(13)22(28)26-25-11-15-5-8-18(19(9-15)31-2)32-12-14-3-6-16(7-4-14)27(29)30/h3-9,11H,12,24H2,1-2H3,(H,26,28). The summed E-state index contributed by atoms with van der Waals surface area (Å²) in [4.78, 5) is 22.9. The van der Waals surface area contributed by atoms with E-state index in [1.54, 1.807) is 37.3 Å². The molecule has 3 N–H and O–H groups in total. The Morgan fingerprint density at radius 3 is 2.64 bits per heavy atom. The van der Waals surface area contributed by atoms with E-state index >= 15 is 0 Å². The van der Waals surface area contributed by atoms with Crippen LogP contribution in [0.15, 0.2) is 47.6 Å². The highest BCUT2D eigenvalue weighted by molar-refractivity contribution is 7.18. The molecule has 1 heterocycles. The zero-order valence-corrected chi connectivity index (χ0v) is 18.5. The number of nitro benzene ring substituents is 1. The van der Waals surface area contributed by atoms with Crippen molar-refractivity contribution in [1.82, 2.24) is 5.43 Å². The quantitative estimate of drug-likeness (QED) is 0.292. The third-order valence-electron chi connectivity index (χ3n) is 4.60. The van der Waals surface area contributed by atoms with Gasteiger partial charge in [-0.15, -0.1) is 11.3 Å². The number of carbonyl (C=O) groups is 1. The Labute approximate surface area is 193 Å². The molecular formula is C22H19N5O5S. The molecule has 3 aromatic rings. The molecule has 10 nitrogen and oxygen atoms in total. The van der Waals surface area contributed by atoms with Gasteiger partial charge in [0.2, 0.25) is 0 Å². The van der Waals surface area contributed by atoms with Crippen LogP contribution in [0.1, 0.15) is 31.9 Å². The van der Waals surface area contributed by atoms with E-state index in [0.717, 1.165) is 16.9 Å². The molecule has 1 aromatic heterocycles. The van der Waals surface area contributed by atoms with Gasteiger partial charge < -0.3 is 15.2 Å². The maximum atomic E-state index is 12.3. The van der Waals surface area contributed by atoms with Gasteiger partial charge in [-0.05, 0) is 53.9 Å². The number of non-ortho nitro benzene ring substituents is 1. The van der Waals surface area contributed by atoms with Crippen LogP contribution in [0.5, 0.6) is 11.5 Å². The summed E-state index contributed by atoms with van der Waals surface area (Å²) in [5.74, 6) is 0.468. The highest BCUT2D eigenvalue weighted by atomic mass is 32.1. The Kier molecular flexibility index (Phi) is 7.22. The number of nitrogens with one attached hydrogen (secondary N) is 1. The lowest BCUT2D eigenvalue weighted by molar-refractivity contribution is -0.384. The van der Waals surface area contributed by atoms with Crippen molar-refractivity contribution in [2.24, 2.45) is 5.10 Å². The monoisotopic (exact) mass is 465 g/mol. The molecule has 0 bridgehead atoms. The number of benzene rings is 2. The Balaban J connectivity index is 1.64. The molecule has 33 heavy (non-hydrogen) atoms. The molecule has 11 heteroatoms. The number of amides is 1. The predicted molar refractivity (Wildman–Crippen MR) is 124 cm³/mol. The lowest BCUT2D eigenvalue weighted by Gasteiger charge is -2.11. The number of nitriles is 1. The number of nitro groups is 1. The summed E-state index contributed by atoms with van der Waals surface area (Å²) in [5, 5.41) is 24.1. The summed E-state index contributed by atoms with van der Waals surface area (Å²) in [6, 6.07) is 13.2. The Morgan fingerprint density at radius 1 is 1.30 bits per heavy atom. The van der Waals surface area contributed by atoms with Crippen molar-refractivity contribution in [3.8, 4) is 17.6 Å². The number of nitrogens with zero attached hydrogens (tertiary/aromatic N) is 3. The van der Waals surface area contributed by atoms with Crippen LogP contribution in [0.3, 0.4) is 0 Å². The molecule has 2 aromatic carbocycles. The average Bonchev–Trinajstić information content (AvgIpc) is 3.11. The molecule has 0 atom stereocenters. The third kappa shape index (κ3) is 5.44. The van der Waals surface area contributed by atoms with E-state index in [1.807, 2.05) is 6.07 Å². The highest BCUT2D eigenvalue weighted by Crippen LogP contribution is 2.30. The average molecular weight is 465 g/mol. The third-order valence-corrected chi connectivity index (χ3v) is 5.72. The van der Waals surface area contributed by atoms with Gasteiger partial charge in [0.05, 0.1) is 23.8 Å². The molecular weight excluding hydrogens is 446 g/mol. The molecule has 0 fully saturated rings. The molecule has 0 spiro atoms. The number of anilines is 1. The minimum Gasteiger partial charge on any atom is -0.493 e. The van der Waals surface area contributed by atoms with Crippen LogP contribution in [0.25, 0.3) is 0 Å². The van der Waals surface area contributed by atoms with Gasteiger partial charge >= 0.3 is 0 Å². The van der Waals surface area contributed by atoms with Gasteiger partial charge in [-0.2, -0.15) is 10.4 Å². The smallest absolute Gasteiger partial charge is 0.281 e. The van der Waals surface area contributed by atoms with Gasteiger partial charge in [0.15, 0.2) is 11.5 Å². The van der Waals surface area contributed by atoms with Crippen LogP contribution in [0.4, 0.5) is 10.7 Å². The molecule has 1 amide bonds. The number of methoxy groups -OCH3 is 1. The fraction of sp³-hybridized carbons (Fsp3) is 0.136. The lowest BCUT2D eigenvalue weighted by atomic mass is 10.2. The van der Waals surface area contributed by atoms with Gasteiger partial charge in [-0.1, -0.05) is 0 Å². The van der Waals surface area contributed by atoms with Crippen LogP contribution in [0, 0.1) is 28.4 Å². The van der Waals surface area contributed by atoms with E-state index in [2.05, 4.69) is 10.5 Å². The number of rotatable bonds is 8. The largest absolute Gasteiger partial charge is 0.493 e. The second kappa shape index (κ2) is 10.3. The number of carbonyl (C=O) groups excluding carboxylic acids is 1. The van der Waals surface area contributed by atoms with Crippen molar-refractivity contribution in [3.05, 3.63) is 79.7 Å². The SMILES string of the molecule is COc1cc(C=NNC(=O)c2sc(N)c(C#N)c2C)ccc1OCc1ccc([N+](=O)[O-])cc1. The summed E-state index contributed by atoms with van der Waals surface area (Å²) in [7, 11) is 1.49.